The summed E-state index contributed by atoms with van der Waals surface area (Å²) in [4.78, 5) is 4.22. The zero-order valence-corrected chi connectivity index (χ0v) is 10.6. The van der Waals surface area contributed by atoms with Gasteiger partial charge in [0.05, 0.1) is 6.07 Å². The van der Waals surface area contributed by atoms with Crippen molar-refractivity contribution in [1.29, 1.82) is 5.26 Å². The predicted octanol–water partition coefficient (Wildman–Crippen LogP) is 1.86. The van der Waals surface area contributed by atoms with E-state index in [4.69, 9.17) is 0 Å². The average molecular weight is 232 g/mol. The van der Waals surface area contributed by atoms with Crippen molar-refractivity contribution in [3.8, 4) is 6.07 Å². The van der Waals surface area contributed by atoms with Gasteiger partial charge in [0.2, 0.25) is 0 Å². The molecule has 2 atom stereocenters. The van der Waals surface area contributed by atoms with Crippen LogP contribution in [0.1, 0.15) is 31.5 Å². The topological polar surface area (TPSA) is 53.6 Å². The summed E-state index contributed by atoms with van der Waals surface area (Å²) in [6, 6.07) is 2.49. The molecule has 2 rings (SSSR count). The van der Waals surface area contributed by atoms with Gasteiger partial charge >= 0.3 is 0 Å². The van der Waals surface area contributed by atoms with Crippen molar-refractivity contribution in [2.45, 2.75) is 44.7 Å². The molecule has 1 fully saturated rings. The third kappa shape index (κ3) is 2.20. The van der Waals surface area contributed by atoms with Gasteiger partial charge in [0.15, 0.2) is 0 Å². The lowest BCUT2D eigenvalue weighted by molar-refractivity contribution is 0.306. The van der Waals surface area contributed by atoms with E-state index in [1.165, 1.54) is 0 Å². The van der Waals surface area contributed by atoms with E-state index in [9.17, 15) is 5.26 Å². The predicted molar refractivity (Wildman–Crippen MR) is 66.3 cm³/mol. The number of hydrogen-bond donors (Lipinski definition) is 1. The summed E-state index contributed by atoms with van der Waals surface area (Å²) in [5.74, 6) is 1.51. The van der Waals surface area contributed by atoms with Gasteiger partial charge in [-0.3, -0.25) is 0 Å². The summed E-state index contributed by atoms with van der Waals surface area (Å²) in [6.45, 7) is 2.98. The lowest BCUT2D eigenvalue weighted by atomic mass is 9.86. The van der Waals surface area contributed by atoms with Crippen LogP contribution in [0.5, 0.6) is 0 Å². The molecule has 0 saturated heterocycles. The molecule has 2 unspecified atom stereocenters. The number of nitrogens with zero attached hydrogens (tertiary/aromatic N) is 3. The number of imidazole rings is 1. The number of aryl methyl sites for hydroxylation is 2. The molecule has 1 aromatic rings. The van der Waals surface area contributed by atoms with E-state index in [1.54, 1.807) is 0 Å². The second-order valence-electron chi connectivity index (χ2n) is 4.88. The molecule has 0 bridgehead atoms. The van der Waals surface area contributed by atoms with Gasteiger partial charge in [-0.2, -0.15) is 5.26 Å². The summed E-state index contributed by atoms with van der Waals surface area (Å²) in [7, 11) is 1.91. The molecule has 17 heavy (non-hydrogen) atoms. The Bertz CT molecular complexity index is 417. The number of aromatic nitrogens is 2. The average Bonchev–Trinajstić information content (AvgIpc) is 2.93. The minimum atomic E-state index is -0.297. The zero-order valence-electron chi connectivity index (χ0n) is 10.6. The van der Waals surface area contributed by atoms with Crippen molar-refractivity contribution >= 4 is 0 Å². The Morgan fingerprint density at radius 1 is 1.71 bits per heavy atom. The number of nitriles is 1. The van der Waals surface area contributed by atoms with E-state index in [2.05, 4.69) is 20.9 Å². The Morgan fingerprint density at radius 3 is 3.12 bits per heavy atom. The van der Waals surface area contributed by atoms with E-state index in [0.717, 1.165) is 38.1 Å². The molecule has 1 aliphatic rings. The maximum Gasteiger partial charge on any atom is 0.109 e. The fourth-order valence-electron chi connectivity index (χ4n) is 2.94. The highest BCUT2D eigenvalue weighted by Crippen LogP contribution is 2.37. The first-order chi connectivity index (χ1) is 8.22. The molecule has 0 aromatic carbocycles. The molecule has 1 aliphatic carbocycles. The first kappa shape index (κ1) is 12.1. The molecule has 1 aromatic heterocycles. The monoisotopic (exact) mass is 232 g/mol. The van der Waals surface area contributed by atoms with Crippen LogP contribution in [0.4, 0.5) is 0 Å². The van der Waals surface area contributed by atoms with Crippen molar-refractivity contribution in [3.05, 3.63) is 18.2 Å². The third-order valence-electron chi connectivity index (χ3n) is 4.11. The third-order valence-corrected chi connectivity index (χ3v) is 4.11. The van der Waals surface area contributed by atoms with Gasteiger partial charge in [0, 0.05) is 18.9 Å². The normalized spacial score (nSPS) is 28.2. The molecule has 1 N–H and O–H groups in total. The molecule has 4 heteroatoms. The molecular formula is C13H20N4. The first-order valence-corrected chi connectivity index (χ1v) is 6.30. The van der Waals surface area contributed by atoms with Crippen LogP contribution in [-0.4, -0.2) is 22.1 Å². The van der Waals surface area contributed by atoms with Crippen LogP contribution in [-0.2, 0) is 6.54 Å². The van der Waals surface area contributed by atoms with Gasteiger partial charge in [-0.05, 0) is 39.2 Å². The quantitative estimate of drug-likeness (QED) is 0.862. The van der Waals surface area contributed by atoms with Crippen LogP contribution >= 0.6 is 0 Å². The maximum absolute atomic E-state index is 9.37. The summed E-state index contributed by atoms with van der Waals surface area (Å²) < 4.78 is 2.16. The van der Waals surface area contributed by atoms with E-state index < -0.39 is 0 Å². The van der Waals surface area contributed by atoms with Crippen LogP contribution in [0.3, 0.4) is 0 Å². The molecule has 0 aliphatic heterocycles. The SMILES string of the molecule is CNC1(C#N)CCCC1CCn1ccnc1C. The van der Waals surface area contributed by atoms with E-state index >= 15 is 0 Å². The molecule has 92 valence electrons. The van der Waals surface area contributed by atoms with Crippen LogP contribution in [0, 0.1) is 24.2 Å². The summed E-state index contributed by atoms with van der Waals surface area (Å²) in [5.41, 5.74) is -0.297. The van der Waals surface area contributed by atoms with E-state index in [0.29, 0.717) is 5.92 Å². The lowest BCUT2D eigenvalue weighted by Crippen LogP contribution is -2.45. The molecular weight excluding hydrogens is 212 g/mol. The van der Waals surface area contributed by atoms with Crippen molar-refractivity contribution in [2.75, 3.05) is 7.05 Å². The van der Waals surface area contributed by atoms with Crippen LogP contribution in [0.15, 0.2) is 12.4 Å². The summed E-state index contributed by atoms with van der Waals surface area (Å²) in [6.07, 6.45) is 8.18. The Balaban J connectivity index is 2.00. The second kappa shape index (κ2) is 4.89. The number of rotatable bonds is 4. The highest BCUT2D eigenvalue weighted by Gasteiger charge is 2.41. The fourth-order valence-corrected chi connectivity index (χ4v) is 2.94. The Kier molecular flexibility index (Phi) is 3.49. The molecule has 0 radical (unpaired) electrons. The minimum absolute atomic E-state index is 0.297. The fraction of sp³-hybridized carbons (Fsp3) is 0.692. The highest BCUT2D eigenvalue weighted by molar-refractivity contribution is 5.13. The molecule has 1 saturated carbocycles. The van der Waals surface area contributed by atoms with Crippen LogP contribution < -0.4 is 5.32 Å². The van der Waals surface area contributed by atoms with Crippen molar-refractivity contribution in [1.82, 2.24) is 14.9 Å². The molecule has 0 amide bonds. The van der Waals surface area contributed by atoms with E-state index in [1.807, 2.05) is 26.4 Å². The van der Waals surface area contributed by atoms with Gasteiger partial charge in [-0.25, -0.2) is 4.98 Å². The lowest BCUT2D eigenvalue weighted by Gasteiger charge is -2.28. The summed E-state index contributed by atoms with van der Waals surface area (Å²) >= 11 is 0. The molecule has 1 heterocycles. The van der Waals surface area contributed by atoms with Crippen molar-refractivity contribution in [3.63, 3.8) is 0 Å². The van der Waals surface area contributed by atoms with E-state index in [-0.39, 0.29) is 5.54 Å². The maximum atomic E-state index is 9.37. The molecule has 4 nitrogen and oxygen atoms in total. The molecule has 0 spiro atoms. The van der Waals surface area contributed by atoms with Gasteiger partial charge in [0.25, 0.3) is 0 Å². The number of nitrogens with one attached hydrogen (secondary N) is 1. The first-order valence-electron chi connectivity index (χ1n) is 6.30. The van der Waals surface area contributed by atoms with Gasteiger partial charge in [-0.1, -0.05) is 6.42 Å². The van der Waals surface area contributed by atoms with Gasteiger partial charge < -0.3 is 9.88 Å². The summed E-state index contributed by atoms with van der Waals surface area (Å²) in [5, 5.41) is 12.6. The van der Waals surface area contributed by atoms with Gasteiger partial charge in [-0.15, -0.1) is 0 Å². The second-order valence-corrected chi connectivity index (χ2v) is 4.88. The minimum Gasteiger partial charge on any atom is -0.335 e. The van der Waals surface area contributed by atoms with Crippen molar-refractivity contribution < 1.29 is 0 Å². The largest absolute Gasteiger partial charge is 0.335 e. The smallest absolute Gasteiger partial charge is 0.109 e. The Hall–Kier alpha value is -1.34. The Labute approximate surface area is 103 Å². The van der Waals surface area contributed by atoms with Crippen LogP contribution in [0.25, 0.3) is 0 Å². The van der Waals surface area contributed by atoms with Crippen LogP contribution in [0.2, 0.25) is 0 Å². The van der Waals surface area contributed by atoms with Gasteiger partial charge in [0.1, 0.15) is 11.4 Å². The standard InChI is InChI=1S/C13H20N4/c1-11-16-7-9-17(11)8-5-12-4-3-6-13(12,10-14)15-2/h7,9,12,15H,3-6,8H2,1-2H3. The highest BCUT2D eigenvalue weighted by atomic mass is 15.1. The zero-order chi connectivity index (χ0) is 12.3. The Morgan fingerprint density at radius 2 is 2.53 bits per heavy atom. The van der Waals surface area contributed by atoms with Crippen molar-refractivity contribution in [2.24, 2.45) is 5.92 Å². The number of hydrogen-bond acceptors (Lipinski definition) is 3.